The van der Waals surface area contributed by atoms with Crippen LogP contribution in [-0.2, 0) is 14.3 Å². The summed E-state index contributed by atoms with van der Waals surface area (Å²) >= 11 is 0. The minimum absolute atomic E-state index is 0.00377. The number of nitrogens with one attached hydrogen (secondary N) is 3. The number of carbonyl (C=O) groups excluding carboxylic acids is 1. The molecule has 3 aliphatic heterocycles. The van der Waals surface area contributed by atoms with E-state index < -0.39 is 0 Å². The van der Waals surface area contributed by atoms with Gasteiger partial charge in [0.2, 0.25) is 12.7 Å². The van der Waals surface area contributed by atoms with Crippen molar-refractivity contribution in [3.8, 4) is 11.5 Å². The van der Waals surface area contributed by atoms with Gasteiger partial charge in [0.05, 0.1) is 37.9 Å². The molecular weight excluding hydrogens is 424 g/mol. The van der Waals surface area contributed by atoms with Crippen molar-refractivity contribution in [3.63, 3.8) is 0 Å². The van der Waals surface area contributed by atoms with Crippen LogP contribution in [0.5, 0.6) is 11.5 Å². The van der Waals surface area contributed by atoms with Crippen molar-refractivity contribution in [2.75, 3.05) is 46.1 Å². The van der Waals surface area contributed by atoms with Gasteiger partial charge in [-0.3, -0.25) is 4.79 Å². The van der Waals surface area contributed by atoms with Crippen LogP contribution in [0.1, 0.15) is 31.9 Å². The second-order valence-corrected chi connectivity index (χ2v) is 8.71. The average molecular weight is 457 g/mol. The molecule has 5 rings (SSSR count). The van der Waals surface area contributed by atoms with Crippen LogP contribution in [0.3, 0.4) is 0 Å². The molecule has 0 saturated carbocycles. The van der Waals surface area contributed by atoms with E-state index in [1.807, 2.05) is 18.2 Å². The summed E-state index contributed by atoms with van der Waals surface area (Å²) in [5, 5.41) is 3.28. The van der Waals surface area contributed by atoms with Crippen LogP contribution in [0.2, 0.25) is 0 Å². The maximum absolute atomic E-state index is 13.6. The number of allylic oxidation sites excluding steroid dienone is 2. The fraction of sp³-hybridized carbons (Fsp3) is 0.542. The summed E-state index contributed by atoms with van der Waals surface area (Å²) < 4.78 is 22.6. The molecule has 4 atom stereocenters. The Kier molecular flexibility index (Phi) is 5.84. The van der Waals surface area contributed by atoms with Crippen molar-refractivity contribution in [1.29, 1.82) is 0 Å². The van der Waals surface area contributed by atoms with Crippen LogP contribution in [0.25, 0.3) is 0 Å². The maximum atomic E-state index is 13.6. The van der Waals surface area contributed by atoms with Gasteiger partial charge in [0.15, 0.2) is 17.3 Å². The first kappa shape index (κ1) is 21.9. The van der Waals surface area contributed by atoms with Gasteiger partial charge in [-0.15, -0.1) is 0 Å². The number of fused-ring (bicyclic) bond motifs is 6. The Labute approximate surface area is 194 Å². The minimum atomic E-state index is -0.333. The number of nitrogens with zero attached hydrogens (tertiary/aromatic N) is 1. The van der Waals surface area contributed by atoms with Gasteiger partial charge in [-0.05, 0) is 43.8 Å². The molecule has 9 nitrogen and oxygen atoms in total. The number of ether oxygens (including phenoxy) is 4. The zero-order valence-electron chi connectivity index (χ0n) is 19.6. The van der Waals surface area contributed by atoms with Crippen LogP contribution in [0.4, 0.5) is 5.69 Å². The Morgan fingerprint density at radius 1 is 1.09 bits per heavy atom. The number of amides is 1. The summed E-state index contributed by atoms with van der Waals surface area (Å²) in [5.41, 5.74) is 9.56. The maximum Gasteiger partial charge on any atom is 0.231 e. The molecule has 0 spiro atoms. The third-order valence-corrected chi connectivity index (χ3v) is 7.24. The third-order valence-electron chi connectivity index (χ3n) is 7.24. The highest BCUT2D eigenvalue weighted by Gasteiger charge is 2.50. The molecule has 1 aliphatic carbocycles. The fourth-order valence-electron chi connectivity index (χ4n) is 5.49. The zero-order chi connectivity index (χ0) is 23.1. The molecule has 9 heteroatoms. The Morgan fingerprint density at radius 2 is 1.85 bits per heavy atom. The smallest absolute Gasteiger partial charge is 0.231 e. The van der Waals surface area contributed by atoms with E-state index in [2.05, 4.69) is 34.9 Å². The molecule has 1 amide bonds. The quantitative estimate of drug-likeness (QED) is 0.576. The highest BCUT2D eigenvalue weighted by molar-refractivity contribution is 5.86. The first-order valence-corrected chi connectivity index (χ1v) is 11.6. The Balaban J connectivity index is 1.51. The number of carbonyl (C=O) groups is 1. The van der Waals surface area contributed by atoms with E-state index >= 15 is 0 Å². The van der Waals surface area contributed by atoms with Crippen molar-refractivity contribution in [1.82, 2.24) is 15.6 Å². The van der Waals surface area contributed by atoms with Crippen molar-refractivity contribution < 1.29 is 23.7 Å². The molecule has 3 heterocycles. The molecule has 4 unspecified atom stereocenters. The van der Waals surface area contributed by atoms with Gasteiger partial charge in [-0.2, -0.15) is 0 Å². The Hall–Kier alpha value is -2.91. The molecule has 33 heavy (non-hydrogen) atoms. The highest BCUT2D eigenvalue weighted by atomic mass is 16.7. The van der Waals surface area contributed by atoms with Gasteiger partial charge in [-0.1, -0.05) is 13.8 Å². The molecule has 3 N–H and O–H groups in total. The second kappa shape index (κ2) is 8.79. The number of rotatable bonds is 7. The number of hydrogen-bond donors (Lipinski definition) is 3. The van der Waals surface area contributed by atoms with E-state index in [0.29, 0.717) is 17.3 Å². The first-order chi connectivity index (χ1) is 16.1. The van der Waals surface area contributed by atoms with E-state index in [4.69, 9.17) is 18.9 Å². The summed E-state index contributed by atoms with van der Waals surface area (Å²) in [7, 11) is 3.30. The van der Waals surface area contributed by atoms with Crippen molar-refractivity contribution in [2.45, 2.75) is 32.4 Å². The minimum Gasteiger partial charge on any atom is -0.497 e. The number of anilines is 1. The summed E-state index contributed by atoms with van der Waals surface area (Å²) in [6.45, 7) is 7.33. The standard InChI is InChI=1S/C24H32N4O5/c1-5-28(6-2)8-7-13-20-15(10-19(30-3)23(13)31-4)22-21(25-24(20)29)14-9-17-18(33-12-32-17)11-16(14)26-27-22/h9-11,13,20-22,26-27H,5-8,12H2,1-4H3,(H,25,29). The molecule has 1 aromatic carbocycles. The zero-order valence-corrected chi connectivity index (χ0v) is 19.6. The van der Waals surface area contributed by atoms with Crippen LogP contribution in [0.15, 0.2) is 35.3 Å². The lowest BCUT2D eigenvalue weighted by atomic mass is 9.70. The van der Waals surface area contributed by atoms with Gasteiger partial charge in [-0.25, -0.2) is 5.43 Å². The van der Waals surface area contributed by atoms with E-state index in [9.17, 15) is 4.79 Å². The van der Waals surface area contributed by atoms with Crippen LogP contribution in [0, 0.1) is 11.8 Å². The molecule has 0 radical (unpaired) electrons. The van der Waals surface area contributed by atoms with Crippen LogP contribution >= 0.6 is 0 Å². The number of benzene rings is 1. The second-order valence-electron chi connectivity index (χ2n) is 8.71. The third kappa shape index (κ3) is 3.59. The summed E-state index contributed by atoms with van der Waals surface area (Å²) in [5.74, 6) is 2.38. The molecule has 1 fully saturated rings. The normalized spacial score (nSPS) is 27.2. The summed E-state index contributed by atoms with van der Waals surface area (Å²) in [6, 6.07) is 3.49. The van der Waals surface area contributed by atoms with Gasteiger partial charge in [0.25, 0.3) is 0 Å². The number of hydrazine groups is 1. The first-order valence-electron chi connectivity index (χ1n) is 11.6. The molecule has 1 saturated heterocycles. The van der Waals surface area contributed by atoms with Gasteiger partial charge >= 0.3 is 0 Å². The lowest BCUT2D eigenvalue weighted by Crippen LogP contribution is -2.59. The predicted molar refractivity (Wildman–Crippen MR) is 123 cm³/mol. The number of hydrogen-bond acceptors (Lipinski definition) is 8. The molecular formula is C24H32N4O5. The number of methoxy groups -OCH3 is 2. The molecule has 4 aliphatic rings. The average Bonchev–Trinajstić information content (AvgIpc) is 3.30. The van der Waals surface area contributed by atoms with E-state index in [-0.39, 0.29) is 36.6 Å². The highest BCUT2D eigenvalue weighted by Crippen LogP contribution is 2.48. The van der Waals surface area contributed by atoms with Gasteiger partial charge in [0.1, 0.15) is 5.76 Å². The molecule has 1 aromatic rings. The van der Waals surface area contributed by atoms with Crippen LogP contribution < -0.4 is 25.6 Å². The van der Waals surface area contributed by atoms with E-state index in [0.717, 1.165) is 48.6 Å². The number of piperidine rings is 1. The van der Waals surface area contributed by atoms with E-state index in [1.165, 1.54) is 0 Å². The lowest BCUT2D eigenvalue weighted by molar-refractivity contribution is -0.128. The van der Waals surface area contributed by atoms with Crippen molar-refractivity contribution in [3.05, 3.63) is 40.9 Å². The predicted octanol–water partition coefficient (Wildman–Crippen LogP) is 2.29. The Morgan fingerprint density at radius 3 is 2.55 bits per heavy atom. The van der Waals surface area contributed by atoms with Crippen molar-refractivity contribution >= 4 is 11.6 Å². The fourth-order valence-corrected chi connectivity index (χ4v) is 5.49. The summed E-state index contributed by atoms with van der Waals surface area (Å²) in [6.07, 6.45) is 2.77. The largest absolute Gasteiger partial charge is 0.497 e. The molecule has 0 bridgehead atoms. The summed E-state index contributed by atoms with van der Waals surface area (Å²) in [4.78, 5) is 16.0. The molecule has 178 valence electrons. The Bertz CT molecular complexity index is 1000. The molecule has 0 aromatic heterocycles. The lowest BCUT2D eigenvalue weighted by Gasteiger charge is -2.47. The van der Waals surface area contributed by atoms with Crippen molar-refractivity contribution in [2.24, 2.45) is 11.8 Å². The van der Waals surface area contributed by atoms with Gasteiger partial charge < -0.3 is 34.6 Å². The monoisotopic (exact) mass is 456 g/mol. The SMILES string of the molecule is CCN(CC)CCC1C(OC)=C(OC)C=C2C3NNc4cc5c(cc4C3NC(=O)C21)OCO5. The topological polar surface area (TPSA) is 93.3 Å². The van der Waals surface area contributed by atoms with Gasteiger partial charge in [0, 0.05) is 17.5 Å². The van der Waals surface area contributed by atoms with Crippen LogP contribution in [-0.4, -0.2) is 57.5 Å². The van der Waals surface area contributed by atoms with E-state index in [1.54, 1.807) is 14.2 Å².